The predicted octanol–water partition coefficient (Wildman–Crippen LogP) is 2.11. The van der Waals surface area contributed by atoms with Crippen LogP contribution in [0.5, 0.6) is 0 Å². The zero-order valence-electron chi connectivity index (χ0n) is 14.6. The Morgan fingerprint density at radius 2 is 1.96 bits per heavy atom. The molecule has 6 nitrogen and oxygen atoms in total. The lowest BCUT2D eigenvalue weighted by Crippen LogP contribution is -2.46. The van der Waals surface area contributed by atoms with Gasteiger partial charge in [0.2, 0.25) is 0 Å². The Morgan fingerprint density at radius 3 is 2.60 bits per heavy atom. The minimum atomic E-state index is -0.274. The van der Waals surface area contributed by atoms with Crippen molar-refractivity contribution in [2.45, 2.75) is 45.1 Å². The fourth-order valence-corrected chi connectivity index (χ4v) is 3.55. The standard InChI is InChI=1S/C19H26N4O2/c1-13-7-9-15(10-8-13)23-18(24)11-16(22-23)19(25)21-17(12-20)14-5-3-2-4-6-14/h7-11,14,17,22H,2-6,12,20H2,1H3,(H,21,25). The Balaban J connectivity index is 1.75. The molecule has 1 saturated carbocycles. The number of aryl methyl sites for hydroxylation is 1. The highest BCUT2D eigenvalue weighted by molar-refractivity contribution is 5.92. The number of amides is 1. The molecular weight excluding hydrogens is 316 g/mol. The van der Waals surface area contributed by atoms with Gasteiger partial charge in [0.1, 0.15) is 5.69 Å². The predicted molar refractivity (Wildman–Crippen MR) is 98.0 cm³/mol. The molecule has 0 spiro atoms. The lowest BCUT2D eigenvalue weighted by Gasteiger charge is -2.29. The first-order valence-corrected chi connectivity index (χ1v) is 8.98. The summed E-state index contributed by atoms with van der Waals surface area (Å²) in [5.41, 5.74) is 7.71. The summed E-state index contributed by atoms with van der Waals surface area (Å²) in [6.07, 6.45) is 5.84. The van der Waals surface area contributed by atoms with E-state index in [0.717, 1.165) is 18.4 Å². The maximum atomic E-state index is 12.6. The number of hydrogen-bond acceptors (Lipinski definition) is 3. The van der Waals surface area contributed by atoms with Gasteiger partial charge in [-0.05, 0) is 37.8 Å². The van der Waals surface area contributed by atoms with Crippen molar-refractivity contribution in [1.29, 1.82) is 0 Å². The van der Waals surface area contributed by atoms with E-state index in [4.69, 9.17) is 5.73 Å². The van der Waals surface area contributed by atoms with Crippen LogP contribution >= 0.6 is 0 Å². The molecule has 1 aromatic heterocycles. The van der Waals surface area contributed by atoms with Crippen LogP contribution in [-0.4, -0.2) is 28.3 Å². The summed E-state index contributed by atoms with van der Waals surface area (Å²) in [5, 5.41) is 5.91. The first-order valence-electron chi connectivity index (χ1n) is 8.98. The largest absolute Gasteiger partial charge is 0.346 e. The van der Waals surface area contributed by atoms with Gasteiger partial charge in [-0.3, -0.25) is 14.7 Å². The number of aromatic amines is 1. The average molecular weight is 342 g/mol. The fraction of sp³-hybridized carbons (Fsp3) is 0.474. The molecule has 1 heterocycles. The monoisotopic (exact) mass is 342 g/mol. The minimum absolute atomic E-state index is 0.0426. The van der Waals surface area contributed by atoms with Crippen LogP contribution in [0.15, 0.2) is 35.1 Å². The zero-order valence-corrected chi connectivity index (χ0v) is 14.6. The molecule has 1 fully saturated rings. The smallest absolute Gasteiger partial charge is 0.271 e. The Morgan fingerprint density at radius 1 is 1.28 bits per heavy atom. The number of aromatic nitrogens is 2. The lowest BCUT2D eigenvalue weighted by atomic mass is 9.84. The van der Waals surface area contributed by atoms with Gasteiger partial charge in [-0.2, -0.15) is 0 Å². The van der Waals surface area contributed by atoms with E-state index < -0.39 is 0 Å². The maximum Gasteiger partial charge on any atom is 0.271 e. The molecule has 134 valence electrons. The second kappa shape index (κ2) is 7.70. The first kappa shape index (κ1) is 17.5. The minimum Gasteiger partial charge on any atom is -0.346 e. The van der Waals surface area contributed by atoms with Gasteiger partial charge >= 0.3 is 0 Å². The zero-order chi connectivity index (χ0) is 17.8. The first-order chi connectivity index (χ1) is 12.1. The highest BCUT2D eigenvalue weighted by atomic mass is 16.2. The van der Waals surface area contributed by atoms with Gasteiger partial charge in [0, 0.05) is 18.7 Å². The number of nitrogens with zero attached hydrogens (tertiary/aromatic N) is 1. The van der Waals surface area contributed by atoms with Crippen molar-refractivity contribution in [2.24, 2.45) is 11.7 Å². The molecule has 1 aliphatic rings. The number of rotatable bonds is 5. The molecule has 3 rings (SSSR count). The highest BCUT2D eigenvalue weighted by Crippen LogP contribution is 2.26. The van der Waals surface area contributed by atoms with E-state index in [1.54, 1.807) is 0 Å². The Kier molecular flexibility index (Phi) is 5.38. The van der Waals surface area contributed by atoms with E-state index >= 15 is 0 Å². The molecule has 6 heteroatoms. The number of nitrogens with one attached hydrogen (secondary N) is 2. The third-order valence-corrected chi connectivity index (χ3v) is 5.05. The summed E-state index contributed by atoms with van der Waals surface area (Å²) in [5.74, 6) is 0.151. The molecule has 0 saturated heterocycles. The van der Waals surface area contributed by atoms with Crippen LogP contribution in [0.25, 0.3) is 5.69 Å². The summed E-state index contributed by atoms with van der Waals surface area (Å²) >= 11 is 0. The summed E-state index contributed by atoms with van der Waals surface area (Å²) in [7, 11) is 0. The normalized spacial score (nSPS) is 16.6. The van der Waals surface area contributed by atoms with E-state index in [0.29, 0.717) is 18.2 Å². The molecule has 0 bridgehead atoms. The van der Waals surface area contributed by atoms with Crippen molar-refractivity contribution in [3.05, 3.63) is 51.9 Å². The summed E-state index contributed by atoms with van der Waals surface area (Å²) < 4.78 is 1.38. The number of carbonyl (C=O) groups excluding carboxylic acids is 1. The van der Waals surface area contributed by atoms with Gasteiger partial charge in [-0.1, -0.05) is 37.0 Å². The number of H-pyrrole nitrogens is 1. The molecule has 1 aromatic carbocycles. The molecule has 1 unspecified atom stereocenters. The van der Waals surface area contributed by atoms with Crippen LogP contribution in [0, 0.1) is 12.8 Å². The van der Waals surface area contributed by atoms with Gasteiger partial charge in [0.15, 0.2) is 0 Å². The van der Waals surface area contributed by atoms with Crippen molar-refractivity contribution < 1.29 is 4.79 Å². The molecular formula is C19H26N4O2. The number of benzene rings is 1. The summed E-state index contributed by atoms with van der Waals surface area (Å²) in [6.45, 7) is 2.40. The van der Waals surface area contributed by atoms with Crippen molar-refractivity contribution in [2.75, 3.05) is 6.54 Å². The van der Waals surface area contributed by atoms with E-state index in [2.05, 4.69) is 10.4 Å². The second-order valence-corrected chi connectivity index (χ2v) is 6.89. The van der Waals surface area contributed by atoms with Gasteiger partial charge in [-0.25, -0.2) is 4.68 Å². The van der Waals surface area contributed by atoms with E-state index in [1.165, 1.54) is 30.0 Å². The van der Waals surface area contributed by atoms with Crippen LogP contribution in [-0.2, 0) is 0 Å². The molecule has 2 aromatic rings. The van der Waals surface area contributed by atoms with Crippen LogP contribution in [0.4, 0.5) is 0 Å². The SMILES string of the molecule is Cc1ccc(-n2[nH]c(C(=O)NC(CN)C3CCCCC3)cc2=O)cc1. The van der Waals surface area contributed by atoms with E-state index in [-0.39, 0.29) is 23.2 Å². The average Bonchev–Trinajstić information content (AvgIpc) is 3.03. The summed E-state index contributed by atoms with van der Waals surface area (Å²) in [6, 6.07) is 8.84. The number of hydrogen-bond donors (Lipinski definition) is 3. The fourth-order valence-electron chi connectivity index (χ4n) is 3.55. The molecule has 25 heavy (non-hydrogen) atoms. The molecule has 0 radical (unpaired) electrons. The van der Waals surface area contributed by atoms with E-state index in [9.17, 15) is 9.59 Å². The van der Waals surface area contributed by atoms with Crippen LogP contribution < -0.4 is 16.6 Å². The maximum absolute atomic E-state index is 12.6. The van der Waals surface area contributed by atoms with Crippen LogP contribution in [0.1, 0.15) is 48.2 Å². The topological polar surface area (TPSA) is 92.9 Å². The van der Waals surface area contributed by atoms with Crippen molar-refractivity contribution in [1.82, 2.24) is 15.1 Å². The van der Waals surface area contributed by atoms with E-state index in [1.807, 2.05) is 31.2 Å². The van der Waals surface area contributed by atoms with Crippen molar-refractivity contribution in [3.63, 3.8) is 0 Å². The summed E-state index contributed by atoms with van der Waals surface area (Å²) in [4.78, 5) is 24.8. The Labute approximate surface area is 147 Å². The third kappa shape index (κ3) is 4.02. The highest BCUT2D eigenvalue weighted by Gasteiger charge is 2.25. The van der Waals surface area contributed by atoms with Gasteiger partial charge in [-0.15, -0.1) is 0 Å². The quantitative estimate of drug-likeness (QED) is 0.777. The molecule has 1 aliphatic carbocycles. The van der Waals surface area contributed by atoms with Gasteiger partial charge in [0.05, 0.1) is 5.69 Å². The number of nitrogens with two attached hydrogens (primary N) is 1. The van der Waals surface area contributed by atoms with Crippen molar-refractivity contribution in [3.8, 4) is 5.69 Å². The lowest BCUT2D eigenvalue weighted by molar-refractivity contribution is 0.0910. The molecule has 1 atom stereocenters. The van der Waals surface area contributed by atoms with Crippen LogP contribution in [0.2, 0.25) is 0 Å². The van der Waals surface area contributed by atoms with Gasteiger partial charge < -0.3 is 11.1 Å². The Bertz CT molecular complexity index is 769. The molecule has 0 aliphatic heterocycles. The van der Waals surface area contributed by atoms with Crippen LogP contribution in [0.3, 0.4) is 0 Å². The molecule has 1 amide bonds. The molecule has 4 N–H and O–H groups in total. The van der Waals surface area contributed by atoms with Crippen molar-refractivity contribution >= 4 is 5.91 Å². The Hall–Kier alpha value is -2.34. The van der Waals surface area contributed by atoms with Gasteiger partial charge in [0.25, 0.3) is 11.5 Å². The third-order valence-electron chi connectivity index (χ3n) is 5.05. The second-order valence-electron chi connectivity index (χ2n) is 6.89. The number of carbonyl (C=O) groups is 1.